The molecule has 0 radical (unpaired) electrons. The number of hydrogen-bond donors (Lipinski definition) is 3. The molecule has 0 bridgehead atoms. The van der Waals surface area contributed by atoms with Gasteiger partial charge in [0.1, 0.15) is 23.2 Å². The normalized spacial score (nSPS) is 19.0. The number of nitrogens with two attached hydrogens (primary N) is 2. The van der Waals surface area contributed by atoms with E-state index in [0.717, 1.165) is 16.9 Å². The molecule has 1 aromatic heterocycles. The fraction of sp³-hybridized carbons (Fsp3) is 0.238. The van der Waals surface area contributed by atoms with Crippen molar-refractivity contribution in [2.75, 3.05) is 0 Å². The van der Waals surface area contributed by atoms with Crippen molar-refractivity contribution in [3.8, 4) is 5.75 Å². The summed E-state index contributed by atoms with van der Waals surface area (Å²) in [5.41, 5.74) is 14.9. The molecule has 30 heavy (non-hydrogen) atoms. The molecular weight excluding hydrogens is 390 g/mol. The van der Waals surface area contributed by atoms with Gasteiger partial charge in [-0.05, 0) is 36.4 Å². The van der Waals surface area contributed by atoms with Crippen LogP contribution in [0.3, 0.4) is 0 Å². The number of alkyl halides is 2. The monoisotopic (exact) mass is 412 g/mol. The minimum absolute atomic E-state index is 0.0311. The maximum absolute atomic E-state index is 12.4. The Labute approximate surface area is 172 Å². The molecule has 0 aliphatic carbocycles. The number of benzene rings is 2. The number of hydrogen-bond acceptors (Lipinski definition) is 6. The van der Waals surface area contributed by atoms with Crippen LogP contribution in [0.15, 0.2) is 59.6 Å². The van der Waals surface area contributed by atoms with Gasteiger partial charge in [0.05, 0.1) is 11.0 Å². The highest BCUT2D eigenvalue weighted by Crippen LogP contribution is 2.30. The number of imidazole rings is 1. The summed E-state index contributed by atoms with van der Waals surface area (Å²) in [6.07, 6.45) is 1.69. The Morgan fingerprint density at radius 3 is 2.47 bits per heavy atom. The van der Waals surface area contributed by atoms with Crippen molar-refractivity contribution in [2.24, 2.45) is 16.5 Å². The van der Waals surface area contributed by atoms with Crippen LogP contribution in [0.2, 0.25) is 0 Å². The fourth-order valence-electron chi connectivity index (χ4n) is 3.47. The van der Waals surface area contributed by atoms with Gasteiger partial charge in [-0.15, -0.1) is 0 Å². The topological polar surface area (TPSA) is 103 Å². The number of fused-ring (bicyclic) bond motifs is 1. The molecule has 3 aromatic rings. The second-order valence-electron chi connectivity index (χ2n) is 7.31. The van der Waals surface area contributed by atoms with Crippen LogP contribution in [0.1, 0.15) is 31.2 Å². The van der Waals surface area contributed by atoms with Gasteiger partial charge in [0.15, 0.2) is 0 Å². The van der Waals surface area contributed by atoms with Crippen molar-refractivity contribution < 1.29 is 13.5 Å². The van der Waals surface area contributed by atoms with E-state index in [1.165, 1.54) is 12.1 Å². The number of nitrogens with one attached hydrogen (secondary N) is 1. The zero-order valence-electron chi connectivity index (χ0n) is 16.5. The number of ether oxygens (including phenoxy) is 1. The van der Waals surface area contributed by atoms with Crippen LogP contribution in [0.5, 0.6) is 5.75 Å². The van der Waals surface area contributed by atoms with Gasteiger partial charge in [-0.3, -0.25) is 10.3 Å². The molecule has 0 amide bonds. The maximum atomic E-state index is 12.4. The summed E-state index contributed by atoms with van der Waals surface area (Å²) in [4.78, 5) is 9.10. The lowest BCUT2D eigenvalue weighted by Gasteiger charge is -2.33. The Balaban J connectivity index is 1.76. The average Bonchev–Trinajstić information content (AvgIpc) is 3.07. The summed E-state index contributed by atoms with van der Waals surface area (Å²) < 4.78 is 31.2. The predicted molar refractivity (Wildman–Crippen MR) is 112 cm³/mol. The number of para-hydroxylation sites is 2. The number of aliphatic imine (C=N–C) groups is 1. The summed E-state index contributed by atoms with van der Waals surface area (Å²) >= 11 is 0. The van der Waals surface area contributed by atoms with E-state index in [1.807, 2.05) is 28.8 Å². The summed E-state index contributed by atoms with van der Waals surface area (Å²) in [6.45, 7) is 1.20. The lowest BCUT2D eigenvalue weighted by atomic mass is 10.1. The van der Waals surface area contributed by atoms with Crippen LogP contribution in [-0.2, 0) is 5.79 Å². The van der Waals surface area contributed by atoms with E-state index >= 15 is 0 Å². The van der Waals surface area contributed by atoms with Crippen LogP contribution < -0.4 is 21.5 Å². The molecule has 1 aliphatic rings. The number of halogens is 2. The number of aromatic nitrogens is 2. The second-order valence-corrected chi connectivity index (χ2v) is 7.31. The first-order chi connectivity index (χ1) is 14.3. The minimum atomic E-state index is -2.90. The molecule has 4 rings (SSSR count). The standard InChI is InChI=1S/C21H22F2N6O/c1-12(2)19-26-15-5-3-4-6-16(15)29(19)18-11-17(24)27-21(25,28-18)13-7-9-14(10-8-13)30-20(22)23/h3-12,20,28H,25H2,1-2H3,(H2,24,27). The summed E-state index contributed by atoms with van der Waals surface area (Å²) in [6, 6.07) is 13.7. The van der Waals surface area contributed by atoms with E-state index in [-0.39, 0.29) is 17.5 Å². The van der Waals surface area contributed by atoms with Crippen LogP contribution in [-0.4, -0.2) is 22.0 Å². The summed E-state index contributed by atoms with van der Waals surface area (Å²) in [5, 5.41) is 3.23. The second kappa shape index (κ2) is 7.42. The molecule has 5 N–H and O–H groups in total. The molecular formula is C21H22F2N6O. The smallest absolute Gasteiger partial charge is 0.387 e. The minimum Gasteiger partial charge on any atom is -0.435 e. The lowest BCUT2D eigenvalue weighted by molar-refractivity contribution is -0.0498. The Bertz CT molecular complexity index is 1140. The highest BCUT2D eigenvalue weighted by molar-refractivity contribution is 5.98. The van der Waals surface area contributed by atoms with Crippen LogP contribution in [0.4, 0.5) is 8.78 Å². The van der Waals surface area contributed by atoms with Crippen molar-refractivity contribution in [1.82, 2.24) is 14.9 Å². The van der Waals surface area contributed by atoms with Gasteiger partial charge in [0, 0.05) is 17.6 Å². The van der Waals surface area contributed by atoms with Gasteiger partial charge in [0.25, 0.3) is 0 Å². The van der Waals surface area contributed by atoms with Gasteiger partial charge >= 0.3 is 6.61 Å². The van der Waals surface area contributed by atoms with E-state index in [1.54, 1.807) is 18.2 Å². The first kappa shape index (κ1) is 19.8. The van der Waals surface area contributed by atoms with Crippen LogP contribution >= 0.6 is 0 Å². The zero-order valence-corrected chi connectivity index (χ0v) is 16.5. The highest BCUT2D eigenvalue weighted by Gasteiger charge is 2.32. The van der Waals surface area contributed by atoms with E-state index in [2.05, 4.69) is 28.9 Å². The molecule has 1 aliphatic heterocycles. The molecule has 2 heterocycles. The Hall–Kier alpha value is -3.46. The van der Waals surface area contributed by atoms with Crippen LogP contribution in [0.25, 0.3) is 16.9 Å². The zero-order chi connectivity index (χ0) is 21.5. The number of amidine groups is 1. The van der Waals surface area contributed by atoms with E-state index < -0.39 is 12.4 Å². The first-order valence-corrected chi connectivity index (χ1v) is 9.44. The SMILES string of the molecule is CC(C)c1nc2ccccc2n1C1=CC(N)=NC(N)(c2ccc(OC(F)F)cc2)N1. The summed E-state index contributed by atoms with van der Waals surface area (Å²) in [5.74, 6) is 0.466. The molecule has 1 atom stereocenters. The highest BCUT2D eigenvalue weighted by atomic mass is 19.3. The molecule has 0 saturated heterocycles. The van der Waals surface area contributed by atoms with Gasteiger partial charge in [-0.25, -0.2) is 9.98 Å². The van der Waals surface area contributed by atoms with Crippen molar-refractivity contribution in [3.63, 3.8) is 0 Å². The van der Waals surface area contributed by atoms with Crippen molar-refractivity contribution in [1.29, 1.82) is 0 Å². The molecule has 0 fully saturated rings. The third-order valence-corrected chi connectivity index (χ3v) is 4.77. The predicted octanol–water partition coefficient (Wildman–Crippen LogP) is 3.29. The van der Waals surface area contributed by atoms with E-state index in [0.29, 0.717) is 11.4 Å². The van der Waals surface area contributed by atoms with Gasteiger partial charge in [-0.2, -0.15) is 8.78 Å². The van der Waals surface area contributed by atoms with Gasteiger partial charge in [0.2, 0.25) is 5.79 Å². The molecule has 1 unspecified atom stereocenters. The van der Waals surface area contributed by atoms with Gasteiger partial charge < -0.3 is 15.8 Å². The molecule has 7 nitrogen and oxygen atoms in total. The van der Waals surface area contributed by atoms with Gasteiger partial charge in [-0.1, -0.05) is 26.0 Å². The number of nitrogens with zero attached hydrogens (tertiary/aromatic N) is 3. The van der Waals surface area contributed by atoms with Crippen LogP contribution in [0, 0.1) is 0 Å². The Morgan fingerprint density at radius 1 is 1.10 bits per heavy atom. The molecule has 0 spiro atoms. The van der Waals surface area contributed by atoms with E-state index in [9.17, 15) is 8.78 Å². The first-order valence-electron chi connectivity index (χ1n) is 9.44. The molecule has 156 valence electrons. The van der Waals surface area contributed by atoms with Crippen molar-refractivity contribution in [2.45, 2.75) is 32.2 Å². The third-order valence-electron chi connectivity index (χ3n) is 4.77. The maximum Gasteiger partial charge on any atom is 0.387 e. The largest absolute Gasteiger partial charge is 0.435 e. The molecule has 0 saturated carbocycles. The Morgan fingerprint density at radius 2 is 1.80 bits per heavy atom. The lowest BCUT2D eigenvalue weighted by Crippen LogP contribution is -2.52. The quantitative estimate of drug-likeness (QED) is 0.597. The average molecular weight is 412 g/mol. The van der Waals surface area contributed by atoms with Crippen molar-refractivity contribution >= 4 is 22.7 Å². The van der Waals surface area contributed by atoms with Crippen molar-refractivity contribution in [3.05, 3.63) is 66.0 Å². The Kier molecular flexibility index (Phi) is 4.90. The summed E-state index contributed by atoms with van der Waals surface area (Å²) in [7, 11) is 0. The fourth-order valence-corrected chi connectivity index (χ4v) is 3.47. The molecule has 2 aromatic carbocycles. The third kappa shape index (κ3) is 3.59. The van der Waals surface area contributed by atoms with E-state index in [4.69, 9.17) is 16.5 Å². The number of rotatable bonds is 5. The molecule has 9 heteroatoms.